The van der Waals surface area contributed by atoms with E-state index in [2.05, 4.69) is 10.2 Å². The molecule has 0 radical (unpaired) electrons. The molecule has 0 aromatic heterocycles. The lowest BCUT2D eigenvalue weighted by Crippen LogP contribution is -2.63. The predicted octanol–water partition coefficient (Wildman–Crippen LogP) is 1.97. The van der Waals surface area contributed by atoms with Crippen molar-refractivity contribution in [3.63, 3.8) is 0 Å². The molecule has 7 rings (SSSR count). The van der Waals surface area contributed by atoms with E-state index in [0.29, 0.717) is 13.1 Å². The molecule has 0 spiro atoms. The van der Waals surface area contributed by atoms with Crippen LogP contribution in [-0.2, 0) is 16.0 Å². The third kappa shape index (κ3) is 3.92. The number of benzene rings is 1. The van der Waals surface area contributed by atoms with Crippen LogP contribution in [0.1, 0.15) is 53.2 Å². The van der Waals surface area contributed by atoms with E-state index in [0.717, 1.165) is 19.3 Å². The van der Waals surface area contributed by atoms with Crippen molar-refractivity contribution in [2.45, 2.75) is 62.2 Å². The first-order chi connectivity index (χ1) is 21.1. The summed E-state index contributed by atoms with van der Waals surface area (Å²) in [6, 6.07) is -1.54. The largest absolute Gasteiger partial charge is 0.573 e. The number of ether oxygens (including phenoxy) is 1. The van der Waals surface area contributed by atoms with Gasteiger partial charge in [-0.3, -0.25) is 24.2 Å². The molecule has 2 saturated heterocycles. The summed E-state index contributed by atoms with van der Waals surface area (Å²) in [7, 11) is 2.98. The maximum atomic E-state index is 14.2. The normalized spacial score (nSPS) is 34.1. The van der Waals surface area contributed by atoms with Crippen LogP contribution in [-0.4, -0.2) is 98.9 Å². The van der Waals surface area contributed by atoms with Crippen molar-refractivity contribution in [1.82, 2.24) is 9.80 Å². The standard InChI is InChI=1S/C30H33F3N4O8/c1-36(2)21-14-8-10-7-13-16(22(38)15(10)26(41)29(14,44)27(42)18(24(21)40)28(34)43)23(39)19-17(25(13)45-30(31,32)33)20-11(9-35-19)6-12-4-3-5-37(12)20/h10-12,14,20-21,35,39-41,44H,3-9H2,1-2H3,(H2,34,43)/t10?,11?,12?,14-,20?,21-,29-/m0/s1. The molecule has 0 saturated carbocycles. The molecule has 4 unspecified atom stereocenters. The maximum Gasteiger partial charge on any atom is 0.573 e. The number of primary amides is 1. The smallest absolute Gasteiger partial charge is 0.510 e. The van der Waals surface area contributed by atoms with Crippen molar-refractivity contribution in [2.24, 2.45) is 23.5 Å². The number of anilines is 1. The number of nitrogens with zero attached hydrogens (tertiary/aromatic N) is 2. The highest BCUT2D eigenvalue weighted by Gasteiger charge is 2.64. The van der Waals surface area contributed by atoms with E-state index in [4.69, 9.17) is 10.5 Å². The fourth-order valence-corrected chi connectivity index (χ4v) is 9.12. The quantitative estimate of drug-likeness (QED) is 0.211. The molecule has 3 aliphatic carbocycles. The Labute approximate surface area is 254 Å². The number of hydrogen-bond acceptors (Lipinski definition) is 11. The number of amides is 1. The molecular formula is C30H33F3N4O8. The van der Waals surface area contributed by atoms with E-state index >= 15 is 0 Å². The molecule has 7 N–H and O–H groups in total. The first-order valence-electron chi connectivity index (χ1n) is 14.9. The fraction of sp³-hybridized carbons (Fsp3) is 0.567. The number of hydrogen-bond donors (Lipinski definition) is 6. The zero-order chi connectivity index (χ0) is 32.5. The lowest BCUT2D eigenvalue weighted by Gasteiger charge is -2.50. The van der Waals surface area contributed by atoms with E-state index in [1.54, 1.807) is 0 Å². The Bertz CT molecular complexity index is 1640. The molecule has 1 aromatic carbocycles. The number of nitrogens with two attached hydrogens (primary N) is 1. The van der Waals surface area contributed by atoms with Gasteiger partial charge < -0.3 is 36.2 Å². The number of alkyl halides is 3. The molecule has 12 nitrogen and oxygen atoms in total. The van der Waals surface area contributed by atoms with Crippen LogP contribution >= 0.6 is 0 Å². The SMILES string of the molecule is CN(C)[C@@H]1C(O)=C(C(N)=O)C(=O)[C@@]2(O)C(O)=C3C(=O)c4c(O)c5c(c(OC(F)(F)F)c4CC3C[C@@H]12)C1C(CN5)CC2CCCN21. The van der Waals surface area contributed by atoms with Crippen molar-refractivity contribution in [3.8, 4) is 11.5 Å². The molecule has 1 aromatic rings. The van der Waals surface area contributed by atoms with Gasteiger partial charge in [-0.2, -0.15) is 0 Å². The summed E-state index contributed by atoms with van der Waals surface area (Å²) in [5.41, 5.74) is 0.437. The molecule has 242 valence electrons. The Kier molecular flexibility index (Phi) is 6.37. The van der Waals surface area contributed by atoms with Gasteiger partial charge in [-0.15, -0.1) is 13.2 Å². The second-order valence-electron chi connectivity index (χ2n) is 13.2. The number of allylic oxidation sites excluding steroid dienone is 1. The lowest BCUT2D eigenvalue weighted by atomic mass is 9.58. The summed E-state index contributed by atoms with van der Waals surface area (Å²) >= 11 is 0. The molecule has 3 heterocycles. The minimum Gasteiger partial charge on any atom is -0.510 e. The predicted molar refractivity (Wildman–Crippen MR) is 149 cm³/mol. The highest BCUT2D eigenvalue weighted by Crippen LogP contribution is 2.60. The zero-order valence-electron chi connectivity index (χ0n) is 24.4. The van der Waals surface area contributed by atoms with Gasteiger partial charge in [-0.25, -0.2) is 0 Å². The Morgan fingerprint density at radius 3 is 2.53 bits per heavy atom. The molecule has 0 bridgehead atoms. The Balaban J connectivity index is 1.44. The number of carbonyl (C=O) groups excluding carboxylic acids is 3. The summed E-state index contributed by atoms with van der Waals surface area (Å²) in [5, 5.41) is 48.8. The summed E-state index contributed by atoms with van der Waals surface area (Å²) in [6.07, 6.45) is -3.18. The average molecular weight is 635 g/mol. The second-order valence-corrected chi connectivity index (χ2v) is 13.2. The number of Topliss-reactive ketones (excluding diaryl/α,β-unsaturated/α-hetero) is 2. The molecule has 2 fully saturated rings. The van der Waals surface area contributed by atoms with Crippen LogP contribution in [0.15, 0.2) is 22.7 Å². The van der Waals surface area contributed by atoms with Gasteiger partial charge in [-0.05, 0) is 64.6 Å². The molecule has 6 aliphatic rings. The summed E-state index contributed by atoms with van der Waals surface area (Å²) in [4.78, 5) is 43.4. The molecule has 1 amide bonds. The van der Waals surface area contributed by atoms with Gasteiger partial charge in [0.2, 0.25) is 5.78 Å². The van der Waals surface area contributed by atoms with E-state index in [9.17, 15) is 48.0 Å². The van der Waals surface area contributed by atoms with Crippen molar-refractivity contribution in [1.29, 1.82) is 0 Å². The number of nitrogens with one attached hydrogen (secondary N) is 1. The second kappa shape index (κ2) is 9.59. The van der Waals surface area contributed by atoms with Crippen LogP contribution in [0, 0.1) is 17.8 Å². The number of rotatable bonds is 3. The number of aromatic hydroxyl groups is 1. The van der Waals surface area contributed by atoms with E-state index < -0.39 is 93.1 Å². The van der Waals surface area contributed by atoms with E-state index in [1.165, 1.54) is 19.0 Å². The van der Waals surface area contributed by atoms with Gasteiger partial charge >= 0.3 is 6.36 Å². The van der Waals surface area contributed by atoms with Crippen LogP contribution in [0.3, 0.4) is 0 Å². The number of phenolic OH excluding ortho intramolecular Hbond substituents is 1. The van der Waals surface area contributed by atoms with Crippen molar-refractivity contribution in [2.75, 3.05) is 32.5 Å². The number of halogens is 3. The number of fused-ring (bicyclic) bond motifs is 8. The van der Waals surface area contributed by atoms with Gasteiger partial charge in [0.25, 0.3) is 5.91 Å². The Hall–Kier alpha value is -3.82. The number of aliphatic hydroxyl groups is 3. The zero-order valence-corrected chi connectivity index (χ0v) is 24.4. The number of aliphatic hydroxyl groups excluding tert-OH is 2. The number of carbonyl (C=O) groups is 3. The molecule has 7 atom stereocenters. The molecule has 3 aliphatic heterocycles. The monoisotopic (exact) mass is 634 g/mol. The number of likely N-dealkylation sites (N-methyl/N-ethyl adjacent to an activating group) is 1. The Morgan fingerprint density at radius 1 is 1.18 bits per heavy atom. The average Bonchev–Trinajstić information content (AvgIpc) is 3.53. The van der Waals surface area contributed by atoms with Crippen LogP contribution in [0.5, 0.6) is 11.5 Å². The van der Waals surface area contributed by atoms with Crippen LogP contribution in [0.2, 0.25) is 0 Å². The van der Waals surface area contributed by atoms with Gasteiger partial charge in [-0.1, -0.05) is 0 Å². The third-order valence-electron chi connectivity index (χ3n) is 10.7. The highest BCUT2D eigenvalue weighted by atomic mass is 19.4. The van der Waals surface area contributed by atoms with Crippen molar-refractivity contribution < 1.29 is 52.7 Å². The van der Waals surface area contributed by atoms with Crippen LogP contribution in [0.25, 0.3) is 0 Å². The van der Waals surface area contributed by atoms with Crippen molar-refractivity contribution >= 4 is 23.2 Å². The van der Waals surface area contributed by atoms with Gasteiger partial charge in [0.05, 0.1) is 17.3 Å². The van der Waals surface area contributed by atoms with Gasteiger partial charge in [0.1, 0.15) is 22.8 Å². The topological polar surface area (TPSA) is 186 Å². The minimum atomic E-state index is -5.14. The molecule has 45 heavy (non-hydrogen) atoms. The number of ketones is 2. The summed E-state index contributed by atoms with van der Waals surface area (Å²) in [5.74, 6) is -9.26. The van der Waals surface area contributed by atoms with Crippen LogP contribution < -0.4 is 15.8 Å². The van der Waals surface area contributed by atoms with E-state index in [1.807, 2.05) is 0 Å². The maximum absolute atomic E-state index is 14.2. The Morgan fingerprint density at radius 2 is 1.89 bits per heavy atom. The first kappa shape index (κ1) is 29.9. The van der Waals surface area contributed by atoms with Gasteiger partial charge in [0.15, 0.2) is 17.1 Å². The summed E-state index contributed by atoms with van der Waals surface area (Å²) in [6.45, 7) is 1.02. The highest BCUT2D eigenvalue weighted by molar-refractivity contribution is 6.25. The molecular weight excluding hydrogens is 601 g/mol. The van der Waals surface area contributed by atoms with Gasteiger partial charge in [0, 0.05) is 41.2 Å². The minimum absolute atomic E-state index is 0.0531. The molecule has 15 heteroatoms. The van der Waals surface area contributed by atoms with Crippen LogP contribution in [0.4, 0.5) is 18.9 Å². The fourth-order valence-electron chi connectivity index (χ4n) is 9.12. The lowest BCUT2D eigenvalue weighted by molar-refractivity contribution is -0.275. The van der Waals surface area contributed by atoms with E-state index in [-0.39, 0.29) is 41.6 Å². The third-order valence-corrected chi connectivity index (χ3v) is 10.7. The van der Waals surface area contributed by atoms with Crippen molar-refractivity contribution in [3.05, 3.63) is 39.4 Å². The summed E-state index contributed by atoms with van der Waals surface area (Å²) < 4.78 is 47.0. The number of phenols is 1. The first-order valence-corrected chi connectivity index (χ1v) is 14.9.